The van der Waals surface area contributed by atoms with Gasteiger partial charge in [0.25, 0.3) is 5.91 Å². The summed E-state index contributed by atoms with van der Waals surface area (Å²) in [7, 11) is 0. The van der Waals surface area contributed by atoms with Crippen LogP contribution in [0.1, 0.15) is 36.4 Å². The molecule has 1 N–H and O–H groups in total. The fraction of sp³-hybridized carbons (Fsp3) is 0.500. The summed E-state index contributed by atoms with van der Waals surface area (Å²) >= 11 is 0. The van der Waals surface area contributed by atoms with E-state index in [4.69, 9.17) is 4.42 Å². The molecule has 6 nitrogen and oxygen atoms in total. The molecule has 27 heavy (non-hydrogen) atoms. The summed E-state index contributed by atoms with van der Waals surface area (Å²) in [5.74, 6) is -0.496. The number of carbonyl (C=O) groups excluding carboxylic acids is 2. The minimum Gasteiger partial charge on any atom is -0.448 e. The van der Waals surface area contributed by atoms with Crippen LogP contribution in [-0.4, -0.2) is 60.4 Å². The zero-order valence-corrected chi connectivity index (χ0v) is 16.0. The van der Waals surface area contributed by atoms with Gasteiger partial charge in [-0.05, 0) is 26.3 Å². The maximum atomic E-state index is 13.9. The van der Waals surface area contributed by atoms with Crippen LogP contribution >= 0.6 is 0 Å². The third-order valence-electron chi connectivity index (χ3n) is 5.16. The smallest absolute Gasteiger partial charge is 0.289 e. The number of aryl methyl sites for hydroxylation is 1. The molecular formula is C20H26FN3O3. The van der Waals surface area contributed by atoms with Gasteiger partial charge >= 0.3 is 0 Å². The lowest BCUT2D eigenvalue weighted by Gasteiger charge is -2.34. The van der Waals surface area contributed by atoms with Crippen molar-refractivity contribution in [3.63, 3.8) is 0 Å². The molecule has 1 aliphatic heterocycles. The van der Waals surface area contributed by atoms with Gasteiger partial charge in [0.05, 0.1) is 6.54 Å². The van der Waals surface area contributed by atoms with E-state index in [-0.39, 0.29) is 29.2 Å². The van der Waals surface area contributed by atoms with Gasteiger partial charge in [0.2, 0.25) is 5.91 Å². The van der Waals surface area contributed by atoms with Crippen LogP contribution in [0.4, 0.5) is 4.39 Å². The molecular weight excluding hydrogens is 349 g/mol. The Bertz CT molecular complexity index is 840. The van der Waals surface area contributed by atoms with Gasteiger partial charge in [-0.25, -0.2) is 4.39 Å². The van der Waals surface area contributed by atoms with Crippen molar-refractivity contribution in [2.24, 2.45) is 0 Å². The van der Waals surface area contributed by atoms with Crippen LogP contribution < -0.4 is 5.32 Å². The molecule has 1 aromatic heterocycles. The second kappa shape index (κ2) is 8.08. The Labute approximate surface area is 158 Å². The van der Waals surface area contributed by atoms with E-state index in [1.54, 1.807) is 24.0 Å². The highest BCUT2D eigenvalue weighted by molar-refractivity contribution is 5.99. The first kappa shape index (κ1) is 19.4. The number of benzene rings is 1. The van der Waals surface area contributed by atoms with Crippen molar-refractivity contribution in [2.45, 2.75) is 33.2 Å². The molecule has 2 heterocycles. The summed E-state index contributed by atoms with van der Waals surface area (Å²) in [5, 5.41) is 3.58. The SMILES string of the molecule is CCC(C)NC(=O)CN1CCN(C(=O)c2oc3c(F)cccc3c2C)CC1. The largest absolute Gasteiger partial charge is 0.448 e. The van der Waals surface area contributed by atoms with E-state index in [9.17, 15) is 14.0 Å². The first-order valence-electron chi connectivity index (χ1n) is 9.39. The molecule has 1 atom stereocenters. The number of nitrogens with one attached hydrogen (secondary N) is 1. The Hall–Kier alpha value is -2.41. The van der Waals surface area contributed by atoms with Crippen molar-refractivity contribution < 1.29 is 18.4 Å². The molecule has 3 rings (SSSR count). The second-order valence-electron chi connectivity index (χ2n) is 7.12. The number of fused-ring (bicyclic) bond motifs is 1. The molecule has 0 radical (unpaired) electrons. The van der Waals surface area contributed by atoms with Crippen LogP contribution in [-0.2, 0) is 4.79 Å². The maximum absolute atomic E-state index is 13.9. The van der Waals surface area contributed by atoms with Crippen LogP contribution in [0.3, 0.4) is 0 Å². The number of rotatable bonds is 5. The zero-order chi connectivity index (χ0) is 19.6. The van der Waals surface area contributed by atoms with E-state index in [0.717, 1.165) is 6.42 Å². The van der Waals surface area contributed by atoms with Gasteiger partial charge in [-0.3, -0.25) is 14.5 Å². The maximum Gasteiger partial charge on any atom is 0.289 e. The molecule has 2 amide bonds. The monoisotopic (exact) mass is 375 g/mol. The first-order valence-corrected chi connectivity index (χ1v) is 9.39. The van der Waals surface area contributed by atoms with Crippen molar-refractivity contribution in [2.75, 3.05) is 32.7 Å². The Morgan fingerprint density at radius 1 is 1.26 bits per heavy atom. The minimum atomic E-state index is -0.466. The lowest BCUT2D eigenvalue weighted by molar-refractivity contribution is -0.123. The van der Waals surface area contributed by atoms with Gasteiger partial charge in [-0.2, -0.15) is 0 Å². The molecule has 146 valence electrons. The van der Waals surface area contributed by atoms with E-state index in [1.165, 1.54) is 6.07 Å². The number of amides is 2. The molecule has 0 bridgehead atoms. The fourth-order valence-electron chi connectivity index (χ4n) is 3.29. The van der Waals surface area contributed by atoms with E-state index in [1.807, 2.05) is 18.7 Å². The summed E-state index contributed by atoms with van der Waals surface area (Å²) in [5.41, 5.74) is 0.781. The third-order valence-corrected chi connectivity index (χ3v) is 5.16. The summed E-state index contributed by atoms with van der Waals surface area (Å²) in [6.45, 7) is 8.37. The van der Waals surface area contributed by atoms with Gasteiger partial charge in [0.15, 0.2) is 17.2 Å². The Morgan fingerprint density at radius 3 is 2.59 bits per heavy atom. The Kier molecular flexibility index (Phi) is 5.79. The summed E-state index contributed by atoms with van der Waals surface area (Å²) in [6, 6.07) is 4.85. The van der Waals surface area contributed by atoms with Crippen LogP contribution in [0, 0.1) is 12.7 Å². The van der Waals surface area contributed by atoms with E-state index in [0.29, 0.717) is 43.7 Å². The molecule has 2 aromatic rings. The van der Waals surface area contributed by atoms with Crippen LogP contribution in [0.5, 0.6) is 0 Å². The normalized spacial score (nSPS) is 16.5. The Morgan fingerprint density at radius 2 is 1.96 bits per heavy atom. The predicted molar refractivity (Wildman–Crippen MR) is 101 cm³/mol. The quantitative estimate of drug-likeness (QED) is 0.872. The molecule has 1 saturated heterocycles. The highest BCUT2D eigenvalue weighted by Gasteiger charge is 2.28. The zero-order valence-electron chi connectivity index (χ0n) is 16.0. The number of hydrogen-bond donors (Lipinski definition) is 1. The third kappa shape index (κ3) is 4.13. The minimum absolute atomic E-state index is 0.00716. The van der Waals surface area contributed by atoms with Gasteiger partial charge in [0.1, 0.15) is 0 Å². The van der Waals surface area contributed by atoms with E-state index >= 15 is 0 Å². The van der Waals surface area contributed by atoms with Gasteiger partial charge in [-0.15, -0.1) is 0 Å². The average molecular weight is 375 g/mol. The average Bonchev–Trinajstić information content (AvgIpc) is 3.00. The number of piperazine rings is 1. The van der Waals surface area contributed by atoms with Crippen molar-refractivity contribution >= 4 is 22.8 Å². The number of furan rings is 1. The second-order valence-corrected chi connectivity index (χ2v) is 7.12. The molecule has 0 saturated carbocycles. The number of hydrogen-bond acceptors (Lipinski definition) is 4. The number of carbonyl (C=O) groups is 2. The topological polar surface area (TPSA) is 65.8 Å². The summed E-state index contributed by atoms with van der Waals surface area (Å²) in [4.78, 5) is 28.6. The summed E-state index contributed by atoms with van der Waals surface area (Å²) in [6.07, 6.45) is 0.894. The number of nitrogens with zero attached hydrogens (tertiary/aromatic N) is 2. The van der Waals surface area contributed by atoms with Crippen LogP contribution in [0.2, 0.25) is 0 Å². The number of para-hydroxylation sites is 1. The molecule has 1 unspecified atom stereocenters. The lowest BCUT2D eigenvalue weighted by Crippen LogP contribution is -2.51. The van der Waals surface area contributed by atoms with Crippen LogP contribution in [0.25, 0.3) is 11.0 Å². The van der Waals surface area contributed by atoms with Crippen molar-refractivity contribution in [1.29, 1.82) is 0 Å². The molecule has 1 aliphatic rings. The lowest BCUT2D eigenvalue weighted by atomic mass is 10.1. The highest BCUT2D eigenvalue weighted by Crippen LogP contribution is 2.28. The molecule has 0 spiro atoms. The predicted octanol–water partition coefficient (Wildman–Crippen LogP) is 2.55. The van der Waals surface area contributed by atoms with Gasteiger partial charge in [0, 0.05) is 43.2 Å². The molecule has 7 heteroatoms. The van der Waals surface area contributed by atoms with Gasteiger partial charge < -0.3 is 14.6 Å². The highest BCUT2D eigenvalue weighted by atomic mass is 19.1. The van der Waals surface area contributed by atoms with Crippen molar-refractivity contribution in [3.8, 4) is 0 Å². The van der Waals surface area contributed by atoms with E-state index < -0.39 is 5.82 Å². The van der Waals surface area contributed by atoms with Gasteiger partial charge in [-0.1, -0.05) is 19.1 Å². The molecule has 1 fully saturated rings. The standard InChI is InChI=1S/C20H26FN3O3/c1-4-13(2)22-17(25)12-23-8-10-24(11-9-23)20(26)18-14(3)15-6-5-7-16(21)19(15)27-18/h5-7,13H,4,8-12H2,1-3H3,(H,22,25). The molecule has 1 aromatic carbocycles. The first-order chi connectivity index (χ1) is 12.9. The Balaban J connectivity index is 1.61. The van der Waals surface area contributed by atoms with Crippen molar-refractivity contribution in [1.82, 2.24) is 15.1 Å². The molecule has 0 aliphatic carbocycles. The van der Waals surface area contributed by atoms with E-state index in [2.05, 4.69) is 5.32 Å². The van der Waals surface area contributed by atoms with Crippen molar-refractivity contribution in [3.05, 3.63) is 35.3 Å². The summed E-state index contributed by atoms with van der Waals surface area (Å²) < 4.78 is 19.5. The number of halogens is 1. The fourth-order valence-corrected chi connectivity index (χ4v) is 3.29. The van der Waals surface area contributed by atoms with Crippen LogP contribution in [0.15, 0.2) is 22.6 Å².